The lowest BCUT2D eigenvalue weighted by molar-refractivity contribution is -0.140. The molecule has 29 heavy (non-hydrogen) atoms. The van der Waals surface area contributed by atoms with E-state index in [0.717, 1.165) is 22.9 Å². The lowest BCUT2D eigenvalue weighted by Crippen LogP contribution is -2.58. The van der Waals surface area contributed by atoms with Crippen LogP contribution >= 0.6 is 11.6 Å². The number of carbonyl (C=O) groups is 2. The molecule has 2 amide bonds. The summed E-state index contributed by atoms with van der Waals surface area (Å²) in [5.74, 6) is -0.0439. The summed E-state index contributed by atoms with van der Waals surface area (Å²) in [6, 6.07) is 14.6. The molecule has 0 radical (unpaired) electrons. The van der Waals surface area contributed by atoms with Crippen LogP contribution in [0, 0.1) is 0 Å². The Labute approximate surface area is 175 Å². The van der Waals surface area contributed by atoms with E-state index in [9.17, 15) is 9.59 Å². The highest BCUT2D eigenvalue weighted by molar-refractivity contribution is 6.31. The number of amides is 2. The normalized spacial score (nSPS) is 17.2. The molecule has 1 aliphatic heterocycles. The first kappa shape index (κ1) is 19.5. The van der Waals surface area contributed by atoms with Gasteiger partial charge >= 0.3 is 0 Å². The van der Waals surface area contributed by atoms with Crippen LogP contribution in [0.5, 0.6) is 0 Å². The standard InChI is InChI=1S/C23H24ClN3O2/c1-2-21-23(29)26(12-13-27(21)22(28)16-6-4-3-5-7-16)11-10-17-15-25-20-9-8-18(24)14-19(17)20/h3-9,14-15,21,25H,2,10-13H2,1H3. The summed E-state index contributed by atoms with van der Waals surface area (Å²) in [4.78, 5) is 32.8. The fourth-order valence-electron chi connectivity index (χ4n) is 4.06. The predicted molar refractivity (Wildman–Crippen MR) is 115 cm³/mol. The average Bonchev–Trinajstić information content (AvgIpc) is 3.14. The Kier molecular flexibility index (Phi) is 5.58. The van der Waals surface area contributed by atoms with Crippen LogP contribution in [0.15, 0.2) is 54.7 Å². The summed E-state index contributed by atoms with van der Waals surface area (Å²) in [7, 11) is 0. The fraction of sp³-hybridized carbons (Fsp3) is 0.304. The Morgan fingerprint density at radius 3 is 2.72 bits per heavy atom. The van der Waals surface area contributed by atoms with Gasteiger partial charge in [0.05, 0.1) is 0 Å². The van der Waals surface area contributed by atoms with Crippen LogP contribution in [0.1, 0.15) is 29.3 Å². The summed E-state index contributed by atoms with van der Waals surface area (Å²) in [6.07, 6.45) is 3.34. The number of H-pyrrole nitrogens is 1. The van der Waals surface area contributed by atoms with Crippen LogP contribution in [0.3, 0.4) is 0 Å². The number of aromatic amines is 1. The molecule has 1 atom stereocenters. The molecule has 4 rings (SSSR count). The molecular weight excluding hydrogens is 386 g/mol. The minimum atomic E-state index is -0.408. The van der Waals surface area contributed by atoms with Crippen molar-refractivity contribution in [2.75, 3.05) is 19.6 Å². The third-order valence-corrected chi connectivity index (χ3v) is 5.87. The summed E-state index contributed by atoms with van der Waals surface area (Å²) >= 11 is 6.14. The maximum absolute atomic E-state index is 13.1. The molecule has 6 heteroatoms. The Morgan fingerprint density at radius 1 is 1.17 bits per heavy atom. The number of carbonyl (C=O) groups excluding carboxylic acids is 2. The van der Waals surface area contributed by atoms with Crippen molar-refractivity contribution < 1.29 is 9.59 Å². The lowest BCUT2D eigenvalue weighted by atomic mass is 10.0. The second-order valence-corrected chi connectivity index (χ2v) is 7.80. The number of nitrogens with one attached hydrogen (secondary N) is 1. The molecule has 3 aromatic rings. The fourth-order valence-corrected chi connectivity index (χ4v) is 4.23. The van der Waals surface area contributed by atoms with Crippen molar-refractivity contribution in [2.24, 2.45) is 0 Å². The van der Waals surface area contributed by atoms with Crippen molar-refractivity contribution in [1.29, 1.82) is 0 Å². The molecule has 1 aliphatic rings. The summed E-state index contributed by atoms with van der Waals surface area (Å²) in [5.41, 5.74) is 2.81. The maximum Gasteiger partial charge on any atom is 0.254 e. The van der Waals surface area contributed by atoms with E-state index in [0.29, 0.717) is 36.6 Å². The van der Waals surface area contributed by atoms with Crippen LogP contribution in [0.2, 0.25) is 5.02 Å². The minimum absolute atomic E-state index is 0.0286. The SMILES string of the molecule is CCC1C(=O)N(CCc2c[nH]c3ccc(Cl)cc23)CCN1C(=O)c1ccccc1. The van der Waals surface area contributed by atoms with Crippen LogP contribution in [0.4, 0.5) is 0 Å². The Bertz CT molecular complexity index is 1030. The number of rotatable bonds is 5. The second kappa shape index (κ2) is 8.29. The molecule has 0 bridgehead atoms. The molecule has 5 nitrogen and oxygen atoms in total. The highest BCUT2D eigenvalue weighted by Crippen LogP contribution is 2.24. The maximum atomic E-state index is 13.1. The van der Waals surface area contributed by atoms with Gasteiger partial charge in [-0.15, -0.1) is 0 Å². The number of fused-ring (bicyclic) bond motifs is 1. The Hall–Kier alpha value is -2.79. The van der Waals surface area contributed by atoms with E-state index < -0.39 is 6.04 Å². The van der Waals surface area contributed by atoms with Crippen molar-refractivity contribution >= 4 is 34.3 Å². The van der Waals surface area contributed by atoms with Crippen LogP contribution in [0.25, 0.3) is 10.9 Å². The topological polar surface area (TPSA) is 56.4 Å². The first-order chi connectivity index (χ1) is 14.1. The van der Waals surface area contributed by atoms with Crippen molar-refractivity contribution in [3.8, 4) is 0 Å². The number of hydrogen-bond donors (Lipinski definition) is 1. The van der Waals surface area contributed by atoms with E-state index in [-0.39, 0.29) is 11.8 Å². The van der Waals surface area contributed by atoms with Crippen LogP contribution < -0.4 is 0 Å². The number of piperazine rings is 1. The van der Waals surface area contributed by atoms with E-state index in [4.69, 9.17) is 11.6 Å². The molecule has 1 saturated heterocycles. The zero-order chi connectivity index (χ0) is 20.4. The van der Waals surface area contributed by atoms with Gasteiger partial charge in [-0.25, -0.2) is 0 Å². The van der Waals surface area contributed by atoms with Gasteiger partial charge in [0.25, 0.3) is 5.91 Å². The Balaban J connectivity index is 1.46. The molecule has 1 aromatic heterocycles. The number of halogens is 1. The average molecular weight is 410 g/mol. The minimum Gasteiger partial charge on any atom is -0.361 e. The Morgan fingerprint density at radius 2 is 1.97 bits per heavy atom. The smallest absolute Gasteiger partial charge is 0.254 e. The van der Waals surface area contributed by atoms with E-state index in [1.54, 1.807) is 17.0 Å². The highest BCUT2D eigenvalue weighted by Gasteiger charge is 2.36. The van der Waals surface area contributed by atoms with Crippen molar-refractivity contribution in [3.05, 3.63) is 70.9 Å². The highest BCUT2D eigenvalue weighted by atomic mass is 35.5. The van der Waals surface area contributed by atoms with E-state index >= 15 is 0 Å². The van der Waals surface area contributed by atoms with E-state index in [1.807, 2.05) is 54.4 Å². The van der Waals surface area contributed by atoms with Gasteiger partial charge in [-0.3, -0.25) is 9.59 Å². The number of hydrogen-bond acceptors (Lipinski definition) is 2. The summed E-state index contributed by atoms with van der Waals surface area (Å²) < 4.78 is 0. The van der Waals surface area contributed by atoms with Gasteiger partial charge in [-0.2, -0.15) is 0 Å². The molecule has 1 unspecified atom stereocenters. The molecule has 150 valence electrons. The van der Waals surface area contributed by atoms with Gasteiger partial charge in [-0.05, 0) is 48.7 Å². The molecule has 0 aliphatic carbocycles. The molecule has 0 spiro atoms. The summed E-state index contributed by atoms with van der Waals surface area (Å²) in [6.45, 7) is 3.69. The van der Waals surface area contributed by atoms with E-state index in [2.05, 4.69) is 4.98 Å². The second-order valence-electron chi connectivity index (χ2n) is 7.37. The van der Waals surface area contributed by atoms with Crippen LogP contribution in [-0.2, 0) is 11.2 Å². The quantitative estimate of drug-likeness (QED) is 0.688. The first-order valence-corrected chi connectivity index (χ1v) is 10.4. The molecule has 0 saturated carbocycles. The van der Waals surface area contributed by atoms with Crippen molar-refractivity contribution in [2.45, 2.75) is 25.8 Å². The summed E-state index contributed by atoms with van der Waals surface area (Å²) in [5, 5.41) is 1.79. The van der Waals surface area contributed by atoms with Crippen LogP contribution in [-0.4, -0.2) is 52.3 Å². The number of nitrogens with zero attached hydrogens (tertiary/aromatic N) is 2. The molecule has 2 aromatic carbocycles. The van der Waals surface area contributed by atoms with Gasteiger partial charge in [0.15, 0.2) is 0 Å². The van der Waals surface area contributed by atoms with Gasteiger partial charge in [0.2, 0.25) is 5.91 Å². The largest absolute Gasteiger partial charge is 0.361 e. The zero-order valence-electron chi connectivity index (χ0n) is 16.4. The third-order valence-electron chi connectivity index (χ3n) is 5.63. The van der Waals surface area contributed by atoms with Crippen molar-refractivity contribution in [3.63, 3.8) is 0 Å². The zero-order valence-corrected chi connectivity index (χ0v) is 17.2. The molecule has 1 N–H and O–H groups in total. The molecular formula is C23H24ClN3O2. The molecule has 2 heterocycles. The predicted octanol–water partition coefficient (Wildman–Crippen LogP) is 4.13. The van der Waals surface area contributed by atoms with Gasteiger partial charge in [-0.1, -0.05) is 36.7 Å². The van der Waals surface area contributed by atoms with E-state index in [1.165, 1.54) is 0 Å². The molecule has 1 fully saturated rings. The monoisotopic (exact) mass is 409 g/mol. The lowest BCUT2D eigenvalue weighted by Gasteiger charge is -2.40. The van der Waals surface area contributed by atoms with Gasteiger partial charge in [0.1, 0.15) is 6.04 Å². The van der Waals surface area contributed by atoms with Gasteiger partial charge < -0.3 is 14.8 Å². The third kappa shape index (κ3) is 3.87. The van der Waals surface area contributed by atoms with Crippen molar-refractivity contribution in [1.82, 2.24) is 14.8 Å². The number of benzene rings is 2. The van der Waals surface area contributed by atoms with Gasteiger partial charge in [0, 0.05) is 47.3 Å². The number of aromatic nitrogens is 1. The first-order valence-electron chi connectivity index (χ1n) is 9.98.